The van der Waals surface area contributed by atoms with E-state index >= 15 is 0 Å². The summed E-state index contributed by atoms with van der Waals surface area (Å²) in [6, 6.07) is 8.13. The molecule has 0 atom stereocenters. The van der Waals surface area contributed by atoms with Crippen molar-refractivity contribution in [3.8, 4) is 22.5 Å². The van der Waals surface area contributed by atoms with Crippen LogP contribution in [0.3, 0.4) is 0 Å². The van der Waals surface area contributed by atoms with Crippen LogP contribution in [0, 0.1) is 0 Å². The molecule has 0 bridgehead atoms. The van der Waals surface area contributed by atoms with Gasteiger partial charge in [0.15, 0.2) is 0 Å². The van der Waals surface area contributed by atoms with Crippen LogP contribution < -0.4 is 0 Å². The molecule has 3 aromatic heterocycles. The van der Waals surface area contributed by atoms with Crippen molar-refractivity contribution >= 4 is 33.5 Å². The maximum Gasteiger partial charge on any atom is 0.115 e. The Morgan fingerprint density at radius 3 is 1.44 bits per heavy atom. The Labute approximate surface area is 253 Å². The Hall–Kier alpha value is -3.44. The van der Waals surface area contributed by atoms with Crippen molar-refractivity contribution in [1.82, 2.24) is 38.7 Å². The first kappa shape index (κ1) is 31.0. The third-order valence-corrected chi connectivity index (χ3v) is 7.08. The molecule has 0 saturated carbocycles. The summed E-state index contributed by atoms with van der Waals surface area (Å²) in [6.07, 6.45) is 3.83. The Morgan fingerprint density at radius 1 is 0.581 bits per heavy atom. The summed E-state index contributed by atoms with van der Waals surface area (Å²) < 4.78 is 45.0. The zero-order valence-corrected chi connectivity index (χ0v) is 25.2. The lowest BCUT2D eigenvalue weighted by Gasteiger charge is -2.10. The second-order valence-electron chi connectivity index (χ2n) is 9.43. The average molecular weight is 613 g/mol. The highest BCUT2D eigenvalue weighted by atomic mass is 32.1. The van der Waals surface area contributed by atoms with E-state index in [2.05, 4.69) is 41.5 Å². The largest absolute Gasteiger partial charge is 0.382 e. The maximum atomic E-state index is 5.67. The number of aromatic nitrogens is 8. The maximum absolute atomic E-state index is 5.67. The predicted molar refractivity (Wildman–Crippen MR) is 160 cm³/mol. The van der Waals surface area contributed by atoms with Crippen molar-refractivity contribution in [2.24, 2.45) is 0 Å². The fourth-order valence-electron chi connectivity index (χ4n) is 4.50. The minimum absolute atomic E-state index is 0.493. The molecule has 3 heterocycles. The van der Waals surface area contributed by atoms with Crippen molar-refractivity contribution in [3.05, 3.63) is 36.7 Å². The Bertz CT molecular complexity index is 1450. The van der Waals surface area contributed by atoms with E-state index in [0.717, 1.165) is 56.0 Å². The summed E-state index contributed by atoms with van der Waals surface area (Å²) in [5, 5.41) is 19.6. The molecule has 43 heavy (non-hydrogen) atoms. The predicted octanol–water partition coefficient (Wildman–Crippen LogP) is 2.72. The molecular formula is C28H36N8O6S. The zero-order chi connectivity index (χ0) is 29.7. The molecule has 0 fully saturated rings. The molecular weight excluding hydrogens is 576 g/mol. The third-order valence-electron chi connectivity index (χ3n) is 6.55. The molecule has 0 aliphatic carbocycles. The number of ether oxygens (including phenoxy) is 6. The minimum atomic E-state index is 0.493. The van der Waals surface area contributed by atoms with Gasteiger partial charge in [-0.3, -0.25) is 0 Å². The molecule has 0 N–H and O–H groups in total. The Balaban J connectivity index is 1.28. The Morgan fingerprint density at radius 2 is 1.00 bits per heavy atom. The first-order valence-corrected chi connectivity index (χ1v) is 14.8. The summed E-state index contributed by atoms with van der Waals surface area (Å²) in [6.45, 7) is 6.41. The van der Waals surface area contributed by atoms with Gasteiger partial charge in [0.25, 0.3) is 0 Å². The van der Waals surface area contributed by atoms with E-state index in [9.17, 15) is 0 Å². The van der Waals surface area contributed by atoms with Gasteiger partial charge in [0.05, 0.1) is 103 Å². The van der Waals surface area contributed by atoms with Gasteiger partial charge in [-0.2, -0.15) is 8.75 Å². The third kappa shape index (κ3) is 8.14. The fourth-order valence-corrected chi connectivity index (χ4v) is 5.06. The van der Waals surface area contributed by atoms with Crippen LogP contribution in [0.1, 0.15) is 0 Å². The molecule has 15 heteroatoms. The van der Waals surface area contributed by atoms with Gasteiger partial charge in [-0.15, -0.1) is 10.2 Å². The highest BCUT2D eigenvalue weighted by Gasteiger charge is 2.22. The molecule has 0 radical (unpaired) electrons. The van der Waals surface area contributed by atoms with E-state index in [1.165, 1.54) is 0 Å². The lowest BCUT2D eigenvalue weighted by Crippen LogP contribution is -2.12. The van der Waals surface area contributed by atoms with Crippen LogP contribution >= 0.6 is 11.7 Å². The zero-order valence-electron chi connectivity index (χ0n) is 24.4. The lowest BCUT2D eigenvalue weighted by atomic mass is 9.94. The van der Waals surface area contributed by atoms with E-state index in [4.69, 9.17) is 28.4 Å². The van der Waals surface area contributed by atoms with Crippen LogP contribution in [0.2, 0.25) is 0 Å². The molecule has 5 rings (SSSR count). The van der Waals surface area contributed by atoms with Gasteiger partial charge >= 0.3 is 0 Å². The first-order chi connectivity index (χ1) is 21.3. The van der Waals surface area contributed by atoms with E-state index in [0.29, 0.717) is 79.2 Å². The molecule has 0 amide bonds. The topological polar surface area (TPSA) is 143 Å². The molecule has 0 aliphatic rings. The van der Waals surface area contributed by atoms with Crippen LogP contribution in [-0.4, -0.2) is 119 Å². The smallest absolute Gasteiger partial charge is 0.115 e. The van der Waals surface area contributed by atoms with E-state index < -0.39 is 0 Å². The number of benzene rings is 2. The summed E-state index contributed by atoms with van der Waals surface area (Å²) in [5.74, 6) is 0. The van der Waals surface area contributed by atoms with Crippen molar-refractivity contribution in [2.45, 2.75) is 13.1 Å². The van der Waals surface area contributed by atoms with Crippen molar-refractivity contribution in [3.63, 3.8) is 0 Å². The van der Waals surface area contributed by atoms with Crippen LogP contribution in [0.5, 0.6) is 0 Å². The highest BCUT2D eigenvalue weighted by Crippen LogP contribution is 2.41. The van der Waals surface area contributed by atoms with Gasteiger partial charge < -0.3 is 28.4 Å². The normalized spacial score (nSPS) is 11.8. The van der Waals surface area contributed by atoms with Gasteiger partial charge in [0.2, 0.25) is 0 Å². The fraction of sp³-hybridized carbons (Fsp3) is 0.500. The molecule has 2 aromatic carbocycles. The molecule has 0 saturated heterocycles. The van der Waals surface area contributed by atoms with Crippen LogP contribution in [0.15, 0.2) is 36.7 Å². The molecule has 14 nitrogen and oxygen atoms in total. The summed E-state index contributed by atoms with van der Waals surface area (Å²) in [4.78, 5) is 0. The van der Waals surface area contributed by atoms with E-state index in [1.807, 2.05) is 24.5 Å². The van der Waals surface area contributed by atoms with Gasteiger partial charge in [-0.25, -0.2) is 9.36 Å². The highest BCUT2D eigenvalue weighted by molar-refractivity contribution is 7.00. The van der Waals surface area contributed by atoms with Gasteiger partial charge in [-0.1, -0.05) is 34.7 Å². The number of nitrogens with zero attached hydrogens (tertiary/aromatic N) is 8. The van der Waals surface area contributed by atoms with Crippen molar-refractivity contribution < 1.29 is 28.4 Å². The number of hydrogen-bond acceptors (Lipinski definition) is 13. The van der Waals surface area contributed by atoms with Gasteiger partial charge in [-0.05, 0) is 10.8 Å². The first-order valence-electron chi connectivity index (χ1n) is 14.1. The minimum Gasteiger partial charge on any atom is -0.382 e. The quantitative estimate of drug-likeness (QED) is 0.119. The summed E-state index contributed by atoms with van der Waals surface area (Å²) in [7, 11) is 3.30. The van der Waals surface area contributed by atoms with E-state index in [-0.39, 0.29) is 0 Å². The Kier molecular flexibility index (Phi) is 11.8. The number of fused-ring (bicyclic) bond motifs is 2. The van der Waals surface area contributed by atoms with Crippen LogP contribution in [0.4, 0.5) is 0 Å². The molecule has 0 aliphatic heterocycles. The second kappa shape index (κ2) is 16.4. The summed E-state index contributed by atoms with van der Waals surface area (Å²) >= 11 is 1.16. The number of hydrogen-bond donors (Lipinski definition) is 0. The monoisotopic (exact) mass is 612 g/mol. The van der Waals surface area contributed by atoms with Crippen LogP contribution in [-0.2, 0) is 41.5 Å². The molecule has 0 unspecified atom stereocenters. The SMILES string of the molecule is COCCOCCOCCn1cc(-c2c3ccccc3c(-c3cn(CCOCCOCCOC)nn3)c3nsnc23)nn1. The van der Waals surface area contributed by atoms with E-state index in [1.54, 1.807) is 23.6 Å². The summed E-state index contributed by atoms with van der Waals surface area (Å²) in [5.41, 5.74) is 4.71. The average Bonchev–Trinajstić information content (AvgIpc) is 3.80. The standard InChI is InChI=1S/C28H36N8O6S/c1-37-11-13-41-17-15-39-9-7-35-19-23(29-33-35)25-21-5-3-4-6-22(21)26(28-27(25)31-43-32-28)24-20-36(34-30-24)8-10-40-16-18-42-14-12-38-2/h3-6,19-20H,7-18H2,1-2H3. The number of methoxy groups -OCH3 is 2. The lowest BCUT2D eigenvalue weighted by molar-refractivity contribution is 0.0224. The van der Waals surface area contributed by atoms with Crippen molar-refractivity contribution in [1.29, 1.82) is 0 Å². The second-order valence-corrected chi connectivity index (χ2v) is 9.95. The van der Waals surface area contributed by atoms with Gasteiger partial charge in [0.1, 0.15) is 22.4 Å². The van der Waals surface area contributed by atoms with Crippen LogP contribution in [0.25, 0.3) is 44.3 Å². The molecule has 5 aromatic rings. The number of rotatable bonds is 20. The van der Waals surface area contributed by atoms with Gasteiger partial charge in [0, 0.05) is 25.3 Å². The molecule has 0 spiro atoms. The molecule has 230 valence electrons. The van der Waals surface area contributed by atoms with Crippen molar-refractivity contribution in [2.75, 3.05) is 80.3 Å².